The van der Waals surface area contributed by atoms with E-state index >= 15 is 0 Å². The van der Waals surface area contributed by atoms with Gasteiger partial charge in [-0.2, -0.15) is 18.2 Å². The van der Waals surface area contributed by atoms with Gasteiger partial charge in [0.15, 0.2) is 0 Å². The van der Waals surface area contributed by atoms with Crippen molar-refractivity contribution in [1.82, 2.24) is 24.7 Å². The topological polar surface area (TPSA) is 120 Å². The quantitative estimate of drug-likeness (QED) is 0.428. The highest BCUT2D eigenvalue weighted by molar-refractivity contribution is 7.90. The number of likely N-dealkylation sites (tertiary alicyclic amines) is 1. The highest BCUT2D eigenvalue weighted by atomic mass is 32.2. The van der Waals surface area contributed by atoms with Crippen LogP contribution in [-0.4, -0.2) is 108 Å². The van der Waals surface area contributed by atoms with Crippen LogP contribution in [0, 0.1) is 5.92 Å². The predicted molar refractivity (Wildman–Crippen MR) is 142 cm³/mol. The zero-order valence-corrected chi connectivity index (χ0v) is 23.2. The van der Waals surface area contributed by atoms with Gasteiger partial charge in [-0.25, -0.2) is 18.5 Å². The summed E-state index contributed by atoms with van der Waals surface area (Å²) in [6.07, 6.45) is 2.21. The normalized spacial score (nSPS) is 32.1. The number of hydrogen-bond acceptors (Lipinski definition) is 9. The highest BCUT2D eigenvalue weighted by Crippen LogP contribution is 2.56. The van der Waals surface area contributed by atoms with Gasteiger partial charge < -0.3 is 15.5 Å². The van der Waals surface area contributed by atoms with Crippen molar-refractivity contribution in [3.05, 3.63) is 11.8 Å². The molecule has 2 bridgehead atoms. The van der Waals surface area contributed by atoms with E-state index in [4.69, 9.17) is 5.14 Å². The SMILES string of the molecule is CN1CCN(C2CCN(C34CC(C3)[C@@H](Nc3ncc(C(F)(F)F)c(NCC5(S(N)(=O)=O)CC5)n3)C4)CC2)CC1. The van der Waals surface area contributed by atoms with E-state index in [1.165, 1.54) is 12.8 Å². The van der Waals surface area contributed by atoms with Crippen LogP contribution in [0.3, 0.4) is 0 Å². The Bertz CT molecular complexity index is 1170. The van der Waals surface area contributed by atoms with Crippen LogP contribution < -0.4 is 15.8 Å². The van der Waals surface area contributed by atoms with E-state index in [0.29, 0.717) is 24.8 Å². The lowest BCUT2D eigenvalue weighted by Gasteiger charge is -2.51. The van der Waals surface area contributed by atoms with E-state index in [9.17, 15) is 21.6 Å². The number of primary sulfonamides is 1. The van der Waals surface area contributed by atoms with E-state index in [1.807, 2.05) is 0 Å². The van der Waals surface area contributed by atoms with Gasteiger partial charge >= 0.3 is 6.18 Å². The summed E-state index contributed by atoms with van der Waals surface area (Å²) in [5.41, 5.74) is -0.857. The molecule has 0 amide bonds. The molecule has 218 valence electrons. The van der Waals surface area contributed by atoms with Crippen LogP contribution in [0.25, 0.3) is 0 Å². The Balaban J connectivity index is 1.08. The number of likely N-dealkylation sites (N-methyl/N-ethyl adjacent to an activating group) is 1. The molecule has 2 saturated heterocycles. The van der Waals surface area contributed by atoms with Gasteiger partial charge in [0.25, 0.3) is 0 Å². The molecule has 0 radical (unpaired) electrons. The number of nitrogens with one attached hydrogen (secondary N) is 2. The summed E-state index contributed by atoms with van der Waals surface area (Å²) in [5, 5.41) is 11.2. The number of anilines is 2. The van der Waals surface area contributed by atoms with Crippen LogP contribution in [-0.2, 0) is 16.2 Å². The minimum absolute atomic E-state index is 0.101. The van der Waals surface area contributed by atoms with Gasteiger partial charge in [-0.3, -0.25) is 9.80 Å². The average Bonchev–Trinajstić information content (AvgIpc) is 3.48. The van der Waals surface area contributed by atoms with Crippen molar-refractivity contribution in [1.29, 1.82) is 0 Å². The Hall–Kier alpha value is -1.74. The third-order valence-corrected chi connectivity index (χ3v) is 11.8. The zero-order chi connectivity index (χ0) is 27.6. The van der Waals surface area contributed by atoms with Crippen molar-refractivity contribution in [2.24, 2.45) is 11.1 Å². The number of piperazine rings is 1. The van der Waals surface area contributed by atoms with Crippen molar-refractivity contribution >= 4 is 21.8 Å². The van der Waals surface area contributed by atoms with Crippen molar-refractivity contribution in [2.75, 3.05) is 63.5 Å². The third-order valence-electron chi connectivity index (χ3n) is 10.0. The third kappa shape index (κ3) is 5.22. The lowest BCUT2D eigenvalue weighted by molar-refractivity contribution is -0.137. The second-order valence-electron chi connectivity index (χ2n) is 12.4. The number of piperidine rings is 1. The zero-order valence-electron chi connectivity index (χ0n) is 22.4. The molecule has 6 aliphatic rings. The van der Waals surface area contributed by atoms with Gasteiger partial charge in [-0.1, -0.05) is 0 Å². The summed E-state index contributed by atoms with van der Waals surface area (Å²) in [5.74, 6) is 0.160. The molecule has 4 aliphatic carbocycles. The number of rotatable bonds is 8. The van der Waals surface area contributed by atoms with Crippen LogP contribution in [0.5, 0.6) is 0 Å². The molecule has 39 heavy (non-hydrogen) atoms. The van der Waals surface area contributed by atoms with Crippen LogP contribution in [0.15, 0.2) is 6.20 Å². The highest BCUT2D eigenvalue weighted by Gasteiger charge is 2.59. The molecule has 0 spiro atoms. The average molecular weight is 573 g/mol. The number of nitrogens with zero attached hydrogens (tertiary/aromatic N) is 5. The Labute approximate surface area is 227 Å². The molecule has 14 heteroatoms. The Morgan fingerprint density at radius 3 is 2.33 bits per heavy atom. The molecule has 1 aromatic rings. The molecule has 0 unspecified atom stereocenters. The molecule has 1 aromatic heterocycles. The predicted octanol–water partition coefficient (Wildman–Crippen LogP) is 1.77. The van der Waals surface area contributed by atoms with Gasteiger partial charge in [-0.15, -0.1) is 0 Å². The smallest absolute Gasteiger partial charge is 0.368 e. The number of hydrogen-bond donors (Lipinski definition) is 3. The first-order valence-electron chi connectivity index (χ1n) is 14.0. The minimum Gasteiger partial charge on any atom is -0.368 e. The monoisotopic (exact) mass is 572 g/mol. The molecular weight excluding hydrogens is 533 g/mol. The molecule has 4 saturated carbocycles. The number of alkyl halides is 3. The van der Waals surface area contributed by atoms with Crippen molar-refractivity contribution in [2.45, 2.75) is 73.5 Å². The number of nitrogens with two attached hydrogens (primary N) is 1. The van der Waals surface area contributed by atoms with Crippen LogP contribution in [0.4, 0.5) is 24.9 Å². The second-order valence-corrected chi connectivity index (χ2v) is 14.4. The first-order chi connectivity index (χ1) is 18.4. The van der Waals surface area contributed by atoms with Crippen LogP contribution in [0.1, 0.15) is 50.5 Å². The van der Waals surface area contributed by atoms with E-state index in [-0.39, 0.29) is 24.1 Å². The Kier molecular flexibility index (Phi) is 6.81. The van der Waals surface area contributed by atoms with E-state index in [0.717, 1.165) is 64.7 Å². The first kappa shape index (κ1) is 27.4. The summed E-state index contributed by atoms with van der Waals surface area (Å²) in [6.45, 7) is 6.52. The van der Waals surface area contributed by atoms with Crippen molar-refractivity contribution in [3.8, 4) is 0 Å². The fourth-order valence-electron chi connectivity index (χ4n) is 7.30. The van der Waals surface area contributed by atoms with Crippen LogP contribution >= 0.6 is 0 Å². The molecule has 0 aromatic carbocycles. The maximum Gasteiger partial charge on any atom is 0.421 e. The Morgan fingerprint density at radius 1 is 1.08 bits per heavy atom. The molecule has 3 heterocycles. The molecule has 6 fully saturated rings. The largest absolute Gasteiger partial charge is 0.421 e. The molecule has 7 rings (SSSR count). The van der Waals surface area contributed by atoms with Gasteiger partial charge in [-0.05, 0) is 57.9 Å². The summed E-state index contributed by atoms with van der Waals surface area (Å²) in [6, 6.07) is 0.761. The van der Waals surface area contributed by atoms with Gasteiger partial charge in [0.05, 0.1) is 0 Å². The Morgan fingerprint density at radius 2 is 1.74 bits per heavy atom. The standard InChI is InChI=1S/C25H39F3N8O2S/c1-34-8-10-35(11-9-34)18-2-6-36(7-3-18)23-12-17(13-23)20(14-23)32-22-30-15-19(25(26,27)28)21(33-22)31-16-24(4-5-24)39(29,37)38/h15,17-18,20H,2-14,16H2,1H3,(H2,29,37,38)(H2,30,31,32,33)/t17?,20-,23?/m0/s1. The summed E-state index contributed by atoms with van der Waals surface area (Å²) in [7, 11) is -1.70. The van der Waals surface area contributed by atoms with E-state index < -0.39 is 32.3 Å². The molecule has 2 aliphatic heterocycles. The summed E-state index contributed by atoms with van der Waals surface area (Å²) in [4.78, 5) is 15.8. The minimum atomic E-state index is -4.67. The fraction of sp³-hybridized carbons (Fsp3) is 0.840. The molecular formula is C25H39F3N8O2S. The molecule has 10 nitrogen and oxygen atoms in total. The number of halogens is 3. The summed E-state index contributed by atoms with van der Waals surface area (Å²) >= 11 is 0. The maximum atomic E-state index is 13.6. The molecule has 1 atom stereocenters. The second kappa shape index (κ2) is 9.68. The fourth-order valence-corrected chi connectivity index (χ4v) is 8.24. The van der Waals surface area contributed by atoms with Crippen molar-refractivity contribution in [3.63, 3.8) is 0 Å². The maximum absolute atomic E-state index is 13.6. The lowest BCUT2D eigenvalue weighted by Crippen LogP contribution is -2.58. The number of fused-ring (bicyclic) bond motifs is 1. The van der Waals surface area contributed by atoms with Gasteiger partial charge in [0.2, 0.25) is 16.0 Å². The number of aromatic nitrogens is 2. The van der Waals surface area contributed by atoms with Gasteiger partial charge in [0, 0.05) is 69.6 Å². The van der Waals surface area contributed by atoms with E-state index in [2.05, 4.69) is 42.3 Å². The van der Waals surface area contributed by atoms with Crippen LogP contribution in [0.2, 0.25) is 0 Å². The van der Waals surface area contributed by atoms with E-state index in [1.54, 1.807) is 0 Å². The number of sulfonamides is 1. The van der Waals surface area contributed by atoms with Gasteiger partial charge in [0.1, 0.15) is 16.1 Å². The first-order valence-corrected chi connectivity index (χ1v) is 15.6. The molecule has 4 N–H and O–H groups in total. The lowest BCUT2D eigenvalue weighted by atomic mass is 9.74. The van der Waals surface area contributed by atoms with Crippen molar-refractivity contribution < 1.29 is 21.6 Å². The summed E-state index contributed by atoms with van der Waals surface area (Å²) < 4.78 is 63.5.